The van der Waals surface area contributed by atoms with E-state index in [-0.39, 0.29) is 17.8 Å². The number of halogens is 1. The number of amides is 1. The maximum Gasteiger partial charge on any atom is 0.237 e. The smallest absolute Gasteiger partial charge is 0.237 e. The maximum absolute atomic E-state index is 13.1. The van der Waals surface area contributed by atoms with E-state index in [1.807, 2.05) is 30.3 Å². The first-order chi connectivity index (χ1) is 11.7. The van der Waals surface area contributed by atoms with E-state index in [9.17, 15) is 9.18 Å². The van der Waals surface area contributed by atoms with Crippen LogP contribution in [-0.2, 0) is 17.8 Å². The Labute approximate surface area is 141 Å². The van der Waals surface area contributed by atoms with Crippen molar-refractivity contribution in [3.05, 3.63) is 65.5 Å². The van der Waals surface area contributed by atoms with Crippen LogP contribution in [0.15, 0.2) is 48.5 Å². The molecule has 1 amide bonds. The highest BCUT2D eigenvalue weighted by molar-refractivity contribution is 5.83. The third kappa shape index (κ3) is 4.55. The van der Waals surface area contributed by atoms with Crippen molar-refractivity contribution in [2.75, 3.05) is 13.1 Å². The lowest BCUT2D eigenvalue weighted by Gasteiger charge is -2.10. The number of hydrogen-bond acceptors (Lipinski definition) is 3. The highest BCUT2D eigenvalue weighted by atomic mass is 19.1. The van der Waals surface area contributed by atoms with Crippen molar-refractivity contribution in [1.82, 2.24) is 10.6 Å². The van der Waals surface area contributed by atoms with Gasteiger partial charge < -0.3 is 15.4 Å². The summed E-state index contributed by atoms with van der Waals surface area (Å²) in [5.74, 6) is 0.595. The molecule has 2 aromatic rings. The van der Waals surface area contributed by atoms with Crippen LogP contribution in [-0.4, -0.2) is 25.0 Å². The maximum atomic E-state index is 13.1. The fraction of sp³-hybridized carbons (Fsp3) is 0.316. The second-order valence-electron chi connectivity index (χ2n) is 5.90. The molecule has 1 atom stereocenters. The van der Waals surface area contributed by atoms with Crippen LogP contribution in [0, 0.1) is 5.82 Å². The summed E-state index contributed by atoms with van der Waals surface area (Å²) in [5.41, 5.74) is 1.98. The molecule has 2 N–H and O–H groups in total. The molecule has 0 bridgehead atoms. The minimum atomic E-state index is -0.255. The number of nitrogens with one attached hydrogen (secondary N) is 2. The lowest BCUT2D eigenvalue weighted by Crippen LogP contribution is -2.37. The van der Waals surface area contributed by atoms with E-state index in [2.05, 4.69) is 10.6 Å². The standard InChI is InChI=1S/C19H21FN2O2/c20-16-3-1-2-15(12-16)13-24-17-6-4-14(5-7-17)8-10-21-18-9-11-22-19(18)23/h1-7,12,18,21H,8-11,13H2,(H,22,23)/t18-/m0/s1. The Morgan fingerprint density at radius 1 is 1.17 bits per heavy atom. The molecule has 0 aliphatic carbocycles. The minimum absolute atomic E-state index is 0.0566. The zero-order valence-electron chi connectivity index (χ0n) is 13.4. The first-order valence-corrected chi connectivity index (χ1v) is 8.18. The molecule has 24 heavy (non-hydrogen) atoms. The SMILES string of the molecule is O=C1NCC[C@@H]1NCCc1ccc(OCc2cccc(F)c2)cc1. The second-order valence-corrected chi connectivity index (χ2v) is 5.90. The van der Waals surface area contributed by atoms with Gasteiger partial charge in [-0.15, -0.1) is 0 Å². The summed E-state index contributed by atoms with van der Waals surface area (Å²) in [6, 6.07) is 14.2. The number of hydrogen-bond donors (Lipinski definition) is 2. The predicted octanol–water partition coefficient (Wildman–Crippen LogP) is 2.43. The molecule has 3 rings (SSSR count). The lowest BCUT2D eigenvalue weighted by atomic mass is 10.1. The van der Waals surface area contributed by atoms with Crippen LogP contribution < -0.4 is 15.4 Å². The molecule has 0 saturated carbocycles. The molecule has 1 heterocycles. The number of ether oxygens (including phenoxy) is 1. The van der Waals surface area contributed by atoms with Crippen molar-refractivity contribution in [3.63, 3.8) is 0 Å². The first kappa shape index (κ1) is 16.5. The monoisotopic (exact) mass is 328 g/mol. The van der Waals surface area contributed by atoms with Gasteiger partial charge in [0, 0.05) is 6.54 Å². The van der Waals surface area contributed by atoms with Crippen LogP contribution in [0.5, 0.6) is 5.75 Å². The number of carbonyl (C=O) groups excluding carboxylic acids is 1. The Hall–Kier alpha value is -2.40. The van der Waals surface area contributed by atoms with Crippen molar-refractivity contribution in [2.45, 2.75) is 25.5 Å². The molecule has 5 heteroatoms. The number of rotatable bonds is 7. The molecule has 0 unspecified atom stereocenters. The van der Waals surface area contributed by atoms with Crippen molar-refractivity contribution in [2.24, 2.45) is 0 Å². The zero-order valence-corrected chi connectivity index (χ0v) is 13.4. The molecule has 1 saturated heterocycles. The van der Waals surface area contributed by atoms with Gasteiger partial charge in [0.2, 0.25) is 5.91 Å². The summed E-state index contributed by atoms with van der Waals surface area (Å²) in [6.45, 7) is 1.87. The molecular formula is C19H21FN2O2. The van der Waals surface area contributed by atoms with Crippen LogP contribution in [0.2, 0.25) is 0 Å². The van der Waals surface area contributed by atoms with Gasteiger partial charge in [0.05, 0.1) is 6.04 Å². The average Bonchev–Trinajstić information content (AvgIpc) is 2.99. The predicted molar refractivity (Wildman–Crippen MR) is 90.3 cm³/mol. The molecule has 0 radical (unpaired) electrons. The summed E-state index contributed by atoms with van der Waals surface area (Å²) >= 11 is 0. The van der Waals surface area contributed by atoms with Crippen LogP contribution in [0.3, 0.4) is 0 Å². The Balaban J connectivity index is 1.44. The van der Waals surface area contributed by atoms with Gasteiger partial charge in [0.25, 0.3) is 0 Å². The molecule has 126 valence electrons. The van der Waals surface area contributed by atoms with Gasteiger partial charge >= 0.3 is 0 Å². The Morgan fingerprint density at radius 3 is 2.71 bits per heavy atom. The van der Waals surface area contributed by atoms with E-state index in [1.54, 1.807) is 6.07 Å². The molecule has 1 fully saturated rings. The van der Waals surface area contributed by atoms with Gasteiger partial charge in [-0.3, -0.25) is 4.79 Å². The summed E-state index contributed by atoms with van der Waals surface area (Å²) in [4.78, 5) is 11.5. The van der Waals surface area contributed by atoms with Crippen LogP contribution in [0.25, 0.3) is 0 Å². The summed E-state index contributed by atoms with van der Waals surface area (Å²) in [6.07, 6.45) is 1.71. The molecule has 1 aliphatic heterocycles. The summed E-state index contributed by atoms with van der Waals surface area (Å²) in [5, 5.41) is 6.08. The zero-order chi connectivity index (χ0) is 16.8. The molecule has 1 aliphatic rings. The first-order valence-electron chi connectivity index (χ1n) is 8.18. The topological polar surface area (TPSA) is 50.4 Å². The van der Waals surface area contributed by atoms with Crippen molar-refractivity contribution < 1.29 is 13.9 Å². The third-order valence-electron chi connectivity index (χ3n) is 4.07. The quantitative estimate of drug-likeness (QED) is 0.821. The molecular weight excluding hydrogens is 307 g/mol. The lowest BCUT2D eigenvalue weighted by molar-refractivity contribution is -0.120. The highest BCUT2D eigenvalue weighted by Crippen LogP contribution is 2.15. The van der Waals surface area contributed by atoms with Crippen LogP contribution in [0.1, 0.15) is 17.5 Å². The minimum Gasteiger partial charge on any atom is -0.489 e. The van der Waals surface area contributed by atoms with E-state index >= 15 is 0 Å². The van der Waals surface area contributed by atoms with Gasteiger partial charge in [-0.1, -0.05) is 24.3 Å². The van der Waals surface area contributed by atoms with Crippen molar-refractivity contribution in [3.8, 4) is 5.75 Å². The van der Waals surface area contributed by atoms with Gasteiger partial charge in [-0.2, -0.15) is 0 Å². The van der Waals surface area contributed by atoms with E-state index in [0.29, 0.717) is 6.61 Å². The molecule has 0 spiro atoms. The average molecular weight is 328 g/mol. The molecule has 4 nitrogen and oxygen atoms in total. The largest absolute Gasteiger partial charge is 0.489 e. The number of carbonyl (C=O) groups is 1. The normalized spacial score (nSPS) is 16.9. The summed E-state index contributed by atoms with van der Waals surface area (Å²) < 4.78 is 18.8. The van der Waals surface area contributed by atoms with E-state index < -0.39 is 0 Å². The molecule has 2 aromatic carbocycles. The van der Waals surface area contributed by atoms with Gasteiger partial charge in [-0.25, -0.2) is 4.39 Å². The van der Waals surface area contributed by atoms with Crippen LogP contribution in [0.4, 0.5) is 4.39 Å². The fourth-order valence-electron chi connectivity index (χ4n) is 2.73. The van der Waals surface area contributed by atoms with Crippen molar-refractivity contribution in [1.29, 1.82) is 0 Å². The fourth-order valence-corrected chi connectivity index (χ4v) is 2.73. The third-order valence-corrected chi connectivity index (χ3v) is 4.07. The van der Waals surface area contributed by atoms with Gasteiger partial charge in [0.15, 0.2) is 0 Å². The Kier molecular flexibility index (Phi) is 5.43. The Bertz CT molecular complexity index is 688. The summed E-state index contributed by atoms with van der Waals surface area (Å²) in [7, 11) is 0. The van der Waals surface area contributed by atoms with Crippen LogP contribution >= 0.6 is 0 Å². The van der Waals surface area contributed by atoms with Gasteiger partial charge in [0.1, 0.15) is 18.2 Å². The van der Waals surface area contributed by atoms with Crippen molar-refractivity contribution >= 4 is 5.91 Å². The van der Waals surface area contributed by atoms with E-state index in [1.165, 1.54) is 17.7 Å². The van der Waals surface area contributed by atoms with E-state index in [0.717, 1.165) is 37.2 Å². The number of benzene rings is 2. The second kappa shape index (κ2) is 7.93. The highest BCUT2D eigenvalue weighted by Gasteiger charge is 2.22. The van der Waals surface area contributed by atoms with E-state index in [4.69, 9.17) is 4.74 Å². The van der Waals surface area contributed by atoms with Gasteiger partial charge in [-0.05, 0) is 54.8 Å². The molecule has 0 aromatic heterocycles. The Morgan fingerprint density at radius 2 is 2.00 bits per heavy atom.